The highest BCUT2D eigenvalue weighted by molar-refractivity contribution is 5.93. The van der Waals surface area contributed by atoms with Gasteiger partial charge in [-0.2, -0.15) is 0 Å². The number of aromatic amines is 2. The molecule has 21 heavy (non-hydrogen) atoms. The summed E-state index contributed by atoms with van der Waals surface area (Å²) in [5.41, 5.74) is -1.22. The van der Waals surface area contributed by atoms with Gasteiger partial charge in [-0.3, -0.25) is 19.5 Å². The Morgan fingerprint density at radius 3 is 2.71 bits per heavy atom. The highest BCUT2D eigenvalue weighted by atomic mass is 16.2. The molecule has 0 spiro atoms. The summed E-state index contributed by atoms with van der Waals surface area (Å²) in [6, 6.07) is 0. The molecule has 116 valence electrons. The highest BCUT2D eigenvalue weighted by Gasteiger charge is 2.30. The number of aromatic nitrogens is 2. The molecule has 0 aromatic carbocycles. The largest absolute Gasteiger partial charge is 0.351 e. The van der Waals surface area contributed by atoms with Crippen molar-refractivity contribution in [1.29, 1.82) is 0 Å². The maximum atomic E-state index is 11.9. The predicted octanol–water partition coefficient (Wildman–Crippen LogP) is -0.0866. The van der Waals surface area contributed by atoms with Gasteiger partial charge in [-0.1, -0.05) is 0 Å². The smallest absolute Gasteiger partial charge is 0.325 e. The number of amides is 1. The Bertz CT molecular complexity index is 626. The van der Waals surface area contributed by atoms with Gasteiger partial charge in [0, 0.05) is 24.8 Å². The van der Waals surface area contributed by atoms with E-state index in [1.54, 1.807) is 0 Å². The lowest BCUT2D eigenvalue weighted by Crippen LogP contribution is -2.40. The van der Waals surface area contributed by atoms with Gasteiger partial charge in [-0.05, 0) is 39.7 Å². The molecule has 1 aliphatic heterocycles. The van der Waals surface area contributed by atoms with E-state index in [9.17, 15) is 14.4 Å². The summed E-state index contributed by atoms with van der Waals surface area (Å²) in [5.74, 6) is -0.0725. The van der Waals surface area contributed by atoms with Crippen LogP contribution in [0.5, 0.6) is 0 Å². The second-order valence-electron chi connectivity index (χ2n) is 6.47. The van der Waals surface area contributed by atoms with Crippen molar-refractivity contribution in [2.24, 2.45) is 5.92 Å². The summed E-state index contributed by atoms with van der Waals surface area (Å²) >= 11 is 0. The van der Waals surface area contributed by atoms with Gasteiger partial charge in [0.1, 0.15) is 5.56 Å². The van der Waals surface area contributed by atoms with Gasteiger partial charge in [0.25, 0.3) is 11.5 Å². The zero-order chi connectivity index (χ0) is 15.6. The highest BCUT2D eigenvalue weighted by Crippen LogP contribution is 2.23. The number of carbonyl (C=O) groups excluding carboxylic acids is 1. The van der Waals surface area contributed by atoms with Gasteiger partial charge in [-0.25, -0.2) is 4.79 Å². The van der Waals surface area contributed by atoms with Crippen LogP contribution in [0.25, 0.3) is 0 Å². The quantitative estimate of drug-likeness (QED) is 0.726. The Morgan fingerprint density at radius 2 is 2.14 bits per heavy atom. The third kappa shape index (κ3) is 3.81. The average molecular weight is 294 g/mol. The van der Waals surface area contributed by atoms with E-state index >= 15 is 0 Å². The Hall–Kier alpha value is -1.89. The fraction of sp³-hybridized carbons (Fsp3) is 0.643. The molecule has 0 saturated carbocycles. The zero-order valence-electron chi connectivity index (χ0n) is 12.7. The second kappa shape index (κ2) is 5.85. The first-order chi connectivity index (χ1) is 9.77. The van der Waals surface area contributed by atoms with Crippen LogP contribution in [0, 0.1) is 5.92 Å². The van der Waals surface area contributed by atoms with Crippen LogP contribution < -0.4 is 16.6 Å². The molecular formula is C14H22N4O3. The molecule has 1 aromatic rings. The molecule has 1 saturated heterocycles. The summed E-state index contributed by atoms with van der Waals surface area (Å²) < 4.78 is 0. The Balaban J connectivity index is 1.91. The van der Waals surface area contributed by atoms with Crippen molar-refractivity contribution >= 4 is 5.91 Å². The lowest BCUT2D eigenvalue weighted by atomic mass is 10.1. The molecular weight excluding hydrogens is 272 g/mol. The molecule has 2 heterocycles. The minimum absolute atomic E-state index is 0.0692. The minimum atomic E-state index is -0.668. The molecule has 0 aliphatic carbocycles. The number of hydrogen-bond acceptors (Lipinski definition) is 4. The van der Waals surface area contributed by atoms with Gasteiger partial charge in [-0.15, -0.1) is 0 Å². The number of carbonyl (C=O) groups is 1. The lowest BCUT2D eigenvalue weighted by Gasteiger charge is -2.31. The van der Waals surface area contributed by atoms with E-state index in [-0.39, 0.29) is 11.1 Å². The Morgan fingerprint density at radius 1 is 1.43 bits per heavy atom. The molecule has 0 radical (unpaired) electrons. The number of nitrogens with zero attached hydrogens (tertiary/aromatic N) is 1. The molecule has 1 fully saturated rings. The minimum Gasteiger partial charge on any atom is -0.351 e. The SMILES string of the molecule is CC(C)(C)N1CCC(CNC(=O)c2c[nH]c(=O)[nH]c2=O)C1. The maximum absolute atomic E-state index is 11.9. The summed E-state index contributed by atoms with van der Waals surface area (Å²) in [6.45, 7) is 9.01. The van der Waals surface area contributed by atoms with Gasteiger partial charge in [0.2, 0.25) is 0 Å². The van der Waals surface area contributed by atoms with E-state index in [0.717, 1.165) is 25.7 Å². The van der Waals surface area contributed by atoms with Crippen molar-refractivity contribution in [3.8, 4) is 0 Å². The molecule has 1 aromatic heterocycles. The average Bonchev–Trinajstić information content (AvgIpc) is 2.84. The number of hydrogen-bond donors (Lipinski definition) is 3. The predicted molar refractivity (Wildman–Crippen MR) is 79.4 cm³/mol. The summed E-state index contributed by atoms with van der Waals surface area (Å²) in [7, 11) is 0. The van der Waals surface area contributed by atoms with Crippen LogP contribution in [-0.2, 0) is 0 Å². The van der Waals surface area contributed by atoms with Crippen LogP contribution in [0.3, 0.4) is 0 Å². The van der Waals surface area contributed by atoms with Crippen LogP contribution in [0.1, 0.15) is 37.6 Å². The van der Waals surface area contributed by atoms with Crippen LogP contribution in [-0.4, -0.2) is 45.9 Å². The summed E-state index contributed by atoms with van der Waals surface area (Å²) in [5, 5.41) is 2.77. The molecule has 1 aliphatic rings. The monoisotopic (exact) mass is 294 g/mol. The second-order valence-corrected chi connectivity index (χ2v) is 6.47. The Labute approximate surface area is 122 Å². The number of nitrogens with one attached hydrogen (secondary N) is 3. The van der Waals surface area contributed by atoms with Crippen molar-refractivity contribution in [3.05, 3.63) is 32.6 Å². The van der Waals surface area contributed by atoms with Gasteiger partial charge in [0.05, 0.1) is 0 Å². The van der Waals surface area contributed by atoms with Crippen molar-refractivity contribution < 1.29 is 4.79 Å². The van der Waals surface area contributed by atoms with E-state index in [4.69, 9.17) is 0 Å². The fourth-order valence-corrected chi connectivity index (χ4v) is 2.52. The number of likely N-dealkylation sites (tertiary alicyclic amines) is 1. The topological polar surface area (TPSA) is 98.1 Å². The van der Waals surface area contributed by atoms with Gasteiger partial charge < -0.3 is 10.3 Å². The fourth-order valence-electron chi connectivity index (χ4n) is 2.52. The third-order valence-electron chi connectivity index (χ3n) is 3.85. The molecule has 1 atom stereocenters. The van der Waals surface area contributed by atoms with Crippen LogP contribution in [0.4, 0.5) is 0 Å². The zero-order valence-corrected chi connectivity index (χ0v) is 12.7. The van der Waals surface area contributed by atoms with Crippen LogP contribution in [0.2, 0.25) is 0 Å². The van der Waals surface area contributed by atoms with Crippen molar-refractivity contribution in [3.63, 3.8) is 0 Å². The summed E-state index contributed by atoms with van der Waals surface area (Å²) in [6.07, 6.45) is 2.17. The van der Waals surface area contributed by atoms with E-state index in [1.807, 2.05) is 4.98 Å². The lowest BCUT2D eigenvalue weighted by molar-refractivity contribution is 0.0944. The maximum Gasteiger partial charge on any atom is 0.325 e. The van der Waals surface area contributed by atoms with Crippen molar-refractivity contribution in [1.82, 2.24) is 20.2 Å². The van der Waals surface area contributed by atoms with E-state index in [0.29, 0.717) is 12.5 Å². The van der Waals surface area contributed by atoms with E-state index in [2.05, 4.69) is 36.0 Å². The first-order valence-electron chi connectivity index (χ1n) is 7.12. The van der Waals surface area contributed by atoms with Gasteiger partial charge in [0.15, 0.2) is 0 Å². The first kappa shape index (κ1) is 15.5. The summed E-state index contributed by atoms with van der Waals surface area (Å²) in [4.78, 5) is 41.1. The number of rotatable bonds is 3. The van der Waals surface area contributed by atoms with Crippen LogP contribution >= 0.6 is 0 Å². The van der Waals surface area contributed by atoms with E-state index < -0.39 is 17.2 Å². The molecule has 2 rings (SSSR count). The normalized spacial score (nSPS) is 19.7. The van der Waals surface area contributed by atoms with Crippen LogP contribution in [0.15, 0.2) is 15.8 Å². The van der Waals surface area contributed by atoms with Crippen molar-refractivity contribution in [2.45, 2.75) is 32.7 Å². The molecule has 0 bridgehead atoms. The van der Waals surface area contributed by atoms with E-state index in [1.165, 1.54) is 0 Å². The first-order valence-corrected chi connectivity index (χ1v) is 7.12. The third-order valence-corrected chi connectivity index (χ3v) is 3.85. The molecule has 1 unspecified atom stereocenters. The molecule has 7 nitrogen and oxygen atoms in total. The van der Waals surface area contributed by atoms with Gasteiger partial charge >= 0.3 is 5.69 Å². The molecule has 7 heteroatoms. The standard InChI is InChI=1S/C14H22N4O3/c1-14(2,3)18-5-4-9(8-18)6-15-11(19)10-7-16-13(21)17-12(10)20/h7,9H,4-6,8H2,1-3H3,(H,15,19)(H2,16,17,20,21). The van der Waals surface area contributed by atoms with Crippen molar-refractivity contribution in [2.75, 3.05) is 19.6 Å². The molecule has 3 N–H and O–H groups in total. The number of H-pyrrole nitrogens is 2. The Kier molecular flexibility index (Phi) is 4.32. The molecule has 1 amide bonds.